The van der Waals surface area contributed by atoms with Gasteiger partial charge in [-0.3, -0.25) is 14.5 Å². The highest BCUT2D eigenvalue weighted by Gasteiger charge is 2.47. The summed E-state index contributed by atoms with van der Waals surface area (Å²) >= 11 is 1.69. The van der Waals surface area contributed by atoms with E-state index in [9.17, 15) is 26.7 Å². The number of ether oxygens (including phenoxy) is 1. The van der Waals surface area contributed by atoms with Crippen molar-refractivity contribution in [2.45, 2.75) is 38.0 Å². The molecule has 1 aliphatic heterocycles. The molecule has 2 rings (SSSR count). The van der Waals surface area contributed by atoms with Gasteiger partial charge in [0, 0.05) is 25.2 Å². The quantitative estimate of drug-likeness (QED) is 0.141. The van der Waals surface area contributed by atoms with Crippen LogP contribution in [-0.2, 0) is 18.3 Å². The molecular formula is C21H24F5IN4O2. The van der Waals surface area contributed by atoms with Crippen LogP contribution in [0.15, 0.2) is 45.3 Å². The number of piperidine rings is 1. The van der Waals surface area contributed by atoms with Crippen LogP contribution in [0, 0.1) is 5.92 Å². The largest absolute Gasteiger partial charge is 0.486 e. The molecule has 2 atom stereocenters. The lowest BCUT2D eigenvalue weighted by Gasteiger charge is -2.43. The second kappa shape index (κ2) is 10.8. The number of aliphatic imine (C=N–C) groups is 1. The van der Waals surface area contributed by atoms with E-state index < -0.39 is 48.5 Å². The van der Waals surface area contributed by atoms with Gasteiger partial charge in [0.15, 0.2) is 9.46 Å². The zero-order valence-corrected chi connectivity index (χ0v) is 20.2. The van der Waals surface area contributed by atoms with E-state index in [0.29, 0.717) is 11.6 Å². The Hall–Kier alpha value is -2.25. The minimum atomic E-state index is -4.57. The molecule has 12 heteroatoms. The second-order valence-corrected chi connectivity index (χ2v) is 8.76. The summed E-state index contributed by atoms with van der Waals surface area (Å²) in [5.74, 6) is -4.44. The standard InChI is InChI=1S/C21H24F5IN4O2/c1-5-15(21(24,25)26)6-7-17(27)33-11-16-13(2)8-20(22,23)12-31(16)19(32)18-14(9-28-3)10-30(4)29-18/h5-7,10,13,16H,1,3,8-9,11-12H2,2,4H3/b15-6+,17-7+/t13-,16-/m1/s1. The van der Waals surface area contributed by atoms with E-state index in [2.05, 4.69) is 23.4 Å². The zero-order chi connectivity index (χ0) is 25.0. The van der Waals surface area contributed by atoms with E-state index in [1.807, 2.05) is 0 Å². The summed E-state index contributed by atoms with van der Waals surface area (Å²) in [6.07, 6.45) is -0.875. The number of nitrogens with zero attached hydrogens (tertiary/aromatic N) is 4. The van der Waals surface area contributed by atoms with Gasteiger partial charge in [-0.2, -0.15) is 18.3 Å². The van der Waals surface area contributed by atoms with Crippen molar-refractivity contribution in [2.75, 3.05) is 13.2 Å². The first-order valence-corrected chi connectivity index (χ1v) is 10.9. The molecule has 6 nitrogen and oxygen atoms in total. The highest BCUT2D eigenvalue weighted by atomic mass is 127. The van der Waals surface area contributed by atoms with Crippen molar-refractivity contribution in [3.63, 3.8) is 0 Å². The van der Waals surface area contributed by atoms with Gasteiger partial charge >= 0.3 is 6.18 Å². The average molecular weight is 586 g/mol. The predicted molar refractivity (Wildman–Crippen MR) is 122 cm³/mol. The van der Waals surface area contributed by atoms with Crippen molar-refractivity contribution in [3.05, 3.63) is 51.6 Å². The first-order chi connectivity index (χ1) is 15.3. The van der Waals surface area contributed by atoms with Crippen molar-refractivity contribution < 1.29 is 31.5 Å². The summed E-state index contributed by atoms with van der Waals surface area (Å²) in [5, 5.41) is 4.10. The van der Waals surface area contributed by atoms with E-state index in [0.717, 1.165) is 17.1 Å². The molecule has 1 aromatic rings. The van der Waals surface area contributed by atoms with Gasteiger partial charge in [0.1, 0.15) is 6.61 Å². The van der Waals surface area contributed by atoms with Gasteiger partial charge in [-0.1, -0.05) is 19.6 Å². The molecule has 2 heterocycles. The minimum absolute atomic E-state index is 0.00576. The molecule has 0 aliphatic carbocycles. The summed E-state index contributed by atoms with van der Waals surface area (Å²) in [6, 6.07) is -0.743. The Morgan fingerprint density at radius 1 is 1.42 bits per heavy atom. The number of rotatable bonds is 8. The Bertz CT molecular complexity index is 955. The van der Waals surface area contributed by atoms with Crippen LogP contribution >= 0.6 is 22.6 Å². The van der Waals surface area contributed by atoms with E-state index in [4.69, 9.17) is 4.74 Å². The number of amides is 1. The molecule has 0 unspecified atom stereocenters. The number of hydrogen-bond donors (Lipinski definition) is 0. The van der Waals surface area contributed by atoms with Crippen molar-refractivity contribution >= 4 is 35.2 Å². The fraction of sp³-hybridized carbons (Fsp3) is 0.476. The first-order valence-electron chi connectivity index (χ1n) is 9.82. The lowest BCUT2D eigenvalue weighted by Crippen LogP contribution is -2.57. The second-order valence-electron chi connectivity index (χ2n) is 7.70. The van der Waals surface area contributed by atoms with Crippen molar-refractivity contribution in [1.29, 1.82) is 0 Å². The number of allylic oxidation sites excluding steroid dienone is 4. The first kappa shape index (κ1) is 27.0. The Morgan fingerprint density at radius 2 is 2.09 bits per heavy atom. The molecule has 1 fully saturated rings. The molecule has 0 N–H and O–H groups in total. The van der Waals surface area contributed by atoms with Gasteiger partial charge in [0.05, 0.1) is 24.7 Å². The Balaban J connectivity index is 2.27. The van der Waals surface area contributed by atoms with E-state index in [1.54, 1.807) is 42.8 Å². The number of hydrogen-bond acceptors (Lipinski definition) is 4. The van der Waals surface area contributed by atoms with E-state index in [1.165, 1.54) is 4.68 Å². The van der Waals surface area contributed by atoms with Gasteiger partial charge in [-0.25, -0.2) is 8.78 Å². The number of aromatic nitrogens is 2. The topological polar surface area (TPSA) is 59.7 Å². The third kappa shape index (κ3) is 7.11. The van der Waals surface area contributed by atoms with E-state index >= 15 is 0 Å². The number of carbonyl (C=O) groups is 1. The number of aryl methyl sites for hydroxylation is 1. The third-order valence-corrected chi connectivity index (χ3v) is 5.73. The molecule has 182 valence electrons. The maximum atomic E-state index is 14.3. The van der Waals surface area contributed by atoms with Crippen LogP contribution in [0.5, 0.6) is 0 Å². The number of likely N-dealkylation sites (tertiary alicyclic amines) is 1. The third-order valence-electron chi connectivity index (χ3n) is 5.06. The van der Waals surface area contributed by atoms with Crippen LogP contribution in [-0.4, -0.2) is 58.6 Å². The van der Waals surface area contributed by atoms with E-state index in [-0.39, 0.29) is 22.6 Å². The minimum Gasteiger partial charge on any atom is -0.486 e. The predicted octanol–water partition coefficient (Wildman–Crippen LogP) is 5.07. The number of halogens is 6. The summed E-state index contributed by atoms with van der Waals surface area (Å²) < 4.78 is 74.2. The van der Waals surface area contributed by atoms with Gasteiger partial charge in [0.25, 0.3) is 11.8 Å². The molecule has 1 saturated heterocycles. The zero-order valence-electron chi connectivity index (χ0n) is 18.1. The Labute approximate surface area is 202 Å². The normalized spacial score (nSPS) is 21.6. The van der Waals surface area contributed by atoms with Crippen LogP contribution in [0.1, 0.15) is 29.4 Å². The monoisotopic (exact) mass is 586 g/mol. The van der Waals surface area contributed by atoms with Crippen LogP contribution in [0.25, 0.3) is 0 Å². The maximum absolute atomic E-state index is 14.3. The molecule has 1 aromatic heterocycles. The molecule has 1 aliphatic rings. The molecule has 0 saturated carbocycles. The average Bonchev–Trinajstić information content (AvgIpc) is 3.05. The van der Waals surface area contributed by atoms with Gasteiger partial charge in [-0.05, 0) is 47.4 Å². The van der Waals surface area contributed by atoms with Crippen LogP contribution in [0.4, 0.5) is 22.0 Å². The molecule has 33 heavy (non-hydrogen) atoms. The van der Waals surface area contributed by atoms with Crippen molar-refractivity contribution in [3.8, 4) is 0 Å². The molecule has 1 amide bonds. The van der Waals surface area contributed by atoms with Crippen LogP contribution in [0.2, 0.25) is 0 Å². The van der Waals surface area contributed by atoms with Crippen molar-refractivity contribution in [1.82, 2.24) is 14.7 Å². The van der Waals surface area contributed by atoms with Gasteiger partial charge < -0.3 is 9.64 Å². The molecule has 0 bridgehead atoms. The fourth-order valence-corrected chi connectivity index (χ4v) is 3.92. The molecule has 0 radical (unpaired) electrons. The molecule has 0 spiro atoms. The van der Waals surface area contributed by atoms with Gasteiger partial charge in [-0.15, -0.1) is 0 Å². The number of carbonyl (C=O) groups excluding carboxylic acids is 1. The van der Waals surface area contributed by atoms with Crippen LogP contribution in [0.3, 0.4) is 0 Å². The SMILES string of the molecule is C=C/C(=C\C=C(/I)OC[C@@H]1[C@H](C)CC(F)(F)CN1C(=O)c1nn(C)cc1CN=C)C(F)(F)F. The summed E-state index contributed by atoms with van der Waals surface area (Å²) in [4.78, 5) is 18.0. The molecule has 0 aromatic carbocycles. The Morgan fingerprint density at radius 3 is 2.67 bits per heavy atom. The fourth-order valence-electron chi connectivity index (χ4n) is 3.56. The lowest BCUT2D eigenvalue weighted by molar-refractivity contribution is -0.100. The summed E-state index contributed by atoms with van der Waals surface area (Å²) in [7, 11) is 1.59. The van der Waals surface area contributed by atoms with Crippen molar-refractivity contribution in [2.24, 2.45) is 18.0 Å². The summed E-state index contributed by atoms with van der Waals surface area (Å²) in [5.41, 5.74) is -0.516. The number of alkyl halides is 5. The smallest absolute Gasteiger partial charge is 0.416 e. The van der Waals surface area contributed by atoms with Gasteiger partial charge in [0.2, 0.25) is 0 Å². The maximum Gasteiger partial charge on any atom is 0.416 e. The van der Waals surface area contributed by atoms with Crippen LogP contribution < -0.4 is 0 Å². The highest BCUT2D eigenvalue weighted by Crippen LogP contribution is 2.36. The summed E-state index contributed by atoms with van der Waals surface area (Å²) in [6.45, 7) is 7.18. The molecular weight excluding hydrogens is 562 g/mol. The Kier molecular flexibility index (Phi) is 8.82. The highest BCUT2D eigenvalue weighted by molar-refractivity contribution is 14.1. The lowest BCUT2D eigenvalue weighted by atomic mass is 9.88.